The predicted molar refractivity (Wildman–Crippen MR) is 97.8 cm³/mol. The highest BCUT2D eigenvalue weighted by Gasteiger charge is 2.17. The van der Waals surface area contributed by atoms with E-state index < -0.39 is 11.9 Å². The molecule has 0 aliphatic carbocycles. The van der Waals surface area contributed by atoms with Gasteiger partial charge in [0.05, 0.1) is 20.3 Å². The van der Waals surface area contributed by atoms with Crippen molar-refractivity contribution in [1.29, 1.82) is 0 Å². The lowest BCUT2D eigenvalue weighted by Gasteiger charge is -2.12. The summed E-state index contributed by atoms with van der Waals surface area (Å²) >= 11 is 0. The van der Waals surface area contributed by atoms with Gasteiger partial charge in [0, 0.05) is 5.39 Å². The van der Waals surface area contributed by atoms with Crippen molar-refractivity contribution < 1.29 is 28.6 Å². The number of phenols is 1. The lowest BCUT2D eigenvalue weighted by atomic mass is 10.2. The minimum atomic E-state index is -0.822. The third kappa shape index (κ3) is 4.65. The van der Waals surface area contributed by atoms with Gasteiger partial charge < -0.3 is 29.1 Å². The van der Waals surface area contributed by atoms with Gasteiger partial charge in [0.1, 0.15) is 29.4 Å². The van der Waals surface area contributed by atoms with Crippen molar-refractivity contribution in [3.05, 3.63) is 59.9 Å². The average molecular weight is 369 g/mol. The van der Waals surface area contributed by atoms with Gasteiger partial charge in [-0.1, -0.05) is 12.1 Å². The van der Waals surface area contributed by atoms with Gasteiger partial charge in [0.15, 0.2) is 5.76 Å². The van der Waals surface area contributed by atoms with Crippen LogP contribution in [-0.2, 0) is 16.1 Å². The lowest BCUT2D eigenvalue weighted by Crippen LogP contribution is -2.39. The molecule has 1 amide bonds. The summed E-state index contributed by atoms with van der Waals surface area (Å²) in [5.41, 5.74) is 1.31. The third-order valence-electron chi connectivity index (χ3n) is 3.90. The second-order valence-corrected chi connectivity index (χ2v) is 5.92. The fraction of sp³-hybridized carbons (Fsp3) is 0.200. The van der Waals surface area contributed by atoms with Crippen molar-refractivity contribution in [3.8, 4) is 11.5 Å². The summed E-state index contributed by atoms with van der Waals surface area (Å²) in [5.74, 6) is 0.375. The Labute approximate surface area is 155 Å². The Bertz CT molecular complexity index is 949. The summed E-state index contributed by atoms with van der Waals surface area (Å²) in [6.45, 7) is 0.206. The number of hydrogen-bond acceptors (Lipinski definition) is 6. The van der Waals surface area contributed by atoms with E-state index in [0.717, 1.165) is 10.9 Å². The van der Waals surface area contributed by atoms with Crippen LogP contribution in [0.4, 0.5) is 0 Å². The van der Waals surface area contributed by atoms with Crippen LogP contribution >= 0.6 is 0 Å². The Morgan fingerprint density at radius 1 is 1.26 bits per heavy atom. The van der Waals surface area contributed by atoms with Gasteiger partial charge in [-0.05, 0) is 42.0 Å². The van der Waals surface area contributed by atoms with Crippen molar-refractivity contribution in [3.63, 3.8) is 0 Å². The topological polar surface area (TPSA) is 98.0 Å². The molecule has 7 heteroatoms. The van der Waals surface area contributed by atoms with Crippen LogP contribution in [0.2, 0.25) is 0 Å². The molecule has 0 bridgehead atoms. The van der Waals surface area contributed by atoms with Gasteiger partial charge in [-0.25, -0.2) is 0 Å². The van der Waals surface area contributed by atoms with Crippen LogP contribution in [-0.4, -0.2) is 37.1 Å². The Kier molecular flexibility index (Phi) is 5.73. The molecule has 1 heterocycles. The highest BCUT2D eigenvalue weighted by molar-refractivity contribution is 5.97. The summed E-state index contributed by atoms with van der Waals surface area (Å²) in [6, 6.07) is 12.6. The first-order valence-electron chi connectivity index (χ1n) is 8.28. The van der Waals surface area contributed by atoms with E-state index in [9.17, 15) is 14.7 Å². The second-order valence-electron chi connectivity index (χ2n) is 5.92. The maximum Gasteiger partial charge on any atom is 0.287 e. The molecular formula is C20H19NO6. The highest BCUT2D eigenvalue weighted by Crippen LogP contribution is 2.24. The number of aldehydes is 1. The molecule has 1 unspecified atom stereocenters. The number of furan rings is 1. The Morgan fingerprint density at radius 2 is 2.11 bits per heavy atom. The Morgan fingerprint density at radius 3 is 2.85 bits per heavy atom. The summed E-state index contributed by atoms with van der Waals surface area (Å²) in [6.07, 6.45) is 0.603. The molecule has 1 aromatic heterocycles. The number of nitrogens with one attached hydrogen (secondary N) is 1. The zero-order chi connectivity index (χ0) is 19.2. The van der Waals surface area contributed by atoms with Crippen molar-refractivity contribution in [2.45, 2.75) is 12.6 Å². The Balaban J connectivity index is 1.58. The SMILES string of the molecule is COc1ccc2oc(C(=O)NC(C=O)COCc3cccc(O)c3)cc2c1. The van der Waals surface area contributed by atoms with Crippen LogP contribution < -0.4 is 10.1 Å². The first kappa shape index (κ1) is 18.5. The maximum atomic E-state index is 12.3. The van der Waals surface area contributed by atoms with Crippen molar-refractivity contribution >= 4 is 23.2 Å². The number of carbonyl (C=O) groups excluding carboxylic acids is 2. The van der Waals surface area contributed by atoms with Crippen LogP contribution in [0.5, 0.6) is 11.5 Å². The standard InChI is InChI=1S/C20H19NO6/c1-25-17-5-6-18-14(8-17)9-19(27-18)20(24)21-15(10-22)12-26-11-13-3-2-4-16(23)7-13/h2-10,15,23H,11-12H2,1H3,(H,21,24). The van der Waals surface area contributed by atoms with E-state index in [0.29, 0.717) is 17.6 Å². The summed E-state index contributed by atoms with van der Waals surface area (Å²) in [4.78, 5) is 23.6. The largest absolute Gasteiger partial charge is 0.508 e. The molecule has 0 saturated heterocycles. The molecule has 0 fully saturated rings. The molecule has 0 spiro atoms. The predicted octanol–water partition coefficient (Wildman–Crippen LogP) is 2.66. The fourth-order valence-electron chi connectivity index (χ4n) is 2.56. The van der Waals surface area contributed by atoms with Crippen molar-refractivity contribution in [1.82, 2.24) is 5.32 Å². The van der Waals surface area contributed by atoms with Gasteiger partial charge in [-0.3, -0.25) is 4.79 Å². The number of amides is 1. The molecule has 0 saturated carbocycles. The Hall–Kier alpha value is -3.32. The number of fused-ring (bicyclic) bond motifs is 1. The number of hydrogen-bond donors (Lipinski definition) is 2. The zero-order valence-corrected chi connectivity index (χ0v) is 14.7. The number of aromatic hydroxyl groups is 1. The number of ether oxygens (including phenoxy) is 2. The van der Waals surface area contributed by atoms with E-state index >= 15 is 0 Å². The lowest BCUT2D eigenvalue weighted by molar-refractivity contribution is -0.110. The van der Waals surface area contributed by atoms with Gasteiger partial charge in [-0.15, -0.1) is 0 Å². The van der Waals surface area contributed by atoms with Gasteiger partial charge in [0.2, 0.25) is 0 Å². The van der Waals surface area contributed by atoms with Crippen LogP contribution in [0, 0.1) is 0 Å². The zero-order valence-electron chi connectivity index (χ0n) is 14.7. The number of benzene rings is 2. The molecule has 0 radical (unpaired) electrons. The number of carbonyl (C=O) groups is 2. The quantitative estimate of drug-likeness (QED) is 0.593. The van der Waals surface area contributed by atoms with Crippen molar-refractivity contribution in [2.24, 2.45) is 0 Å². The monoisotopic (exact) mass is 369 g/mol. The number of phenolic OH excluding ortho intramolecular Hbond substituents is 1. The molecule has 3 aromatic rings. The van der Waals surface area contributed by atoms with E-state index in [1.807, 2.05) is 0 Å². The molecule has 3 rings (SSSR count). The smallest absolute Gasteiger partial charge is 0.287 e. The van der Waals surface area contributed by atoms with E-state index in [1.54, 1.807) is 55.6 Å². The molecule has 0 aliphatic heterocycles. The van der Waals surface area contributed by atoms with Gasteiger partial charge in [-0.2, -0.15) is 0 Å². The first-order valence-corrected chi connectivity index (χ1v) is 8.28. The van der Waals surface area contributed by atoms with E-state index in [2.05, 4.69) is 5.32 Å². The molecule has 27 heavy (non-hydrogen) atoms. The normalized spacial score (nSPS) is 11.9. The summed E-state index contributed by atoms with van der Waals surface area (Å²) in [5, 5.41) is 12.7. The summed E-state index contributed by atoms with van der Waals surface area (Å²) < 4.78 is 16.1. The average Bonchev–Trinajstić information content (AvgIpc) is 3.10. The van der Waals surface area contributed by atoms with E-state index in [-0.39, 0.29) is 24.7 Å². The summed E-state index contributed by atoms with van der Waals surface area (Å²) in [7, 11) is 1.56. The molecule has 2 aromatic carbocycles. The van der Waals surface area contributed by atoms with Gasteiger partial charge in [0.25, 0.3) is 5.91 Å². The van der Waals surface area contributed by atoms with Crippen LogP contribution in [0.1, 0.15) is 16.1 Å². The molecule has 2 N–H and O–H groups in total. The first-order chi connectivity index (χ1) is 13.1. The van der Waals surface area contributed by atoms with E-state index in [4.69, 9.17) is 13.9 Å². The fourth-order valence-corrected chi connectivity index (χ4v) is 2.56. The molecule has 0 aliphatic rings. The minimum absolute atomic E-state index is 0.00104. The maximum absolute atomic E-state index is 12.3. The van der Waals surface area contributed by atoms with Gasteiger partial charge >= 0.3 is 0 Å². The number of methoxy groups -OCH3 is 1. The molecular weight excluding hydrogens is 350 g/mol. The van der Waals surface area contributed by atoms with Crippen LogP contribution in [0.3, 0.4) is 0 Å². The molecule has 7 nitrogen and oxygen atoms in total. The number of rotatable bonds is 8. The van der Waals surface area contributed by atoms with Crippen LogP contribution in [0.25, 0.3) is 11.0 Å². The van der Waals surface area contributed by atoms with E-state index in [1.165, 1.54) is 0 Å². The molecule has 140 valence electrons. The minimum Gasteiger partial charge on any atom is -0.508 e. The molecule has 1 atom stereocenters. The van der Waals surface area contributed by atoms with Crippen LogP contribution in [0.15, 0.2) is 52.9 Å². The van der Waals surface area contributed by atoms with Crippen molar-refractivity contribution in [2.75, 3.05) is 13.7 Å². The third-order valence-corrected chi connectivity index (χ3v) is 3.90. The highest BCUT2D eigenvalue weighted by atomic mass is 16.5. The second kappa shape index (κ2) is 8.37.